The van der Waals surface area contributed by atoms with Gasteiger partial charge in [0.25, 0.3) is 0 Å². The van der Waals surface area contributed by atoms with Gasteiger partial charge < -0.3 is 5.32 Å². The predicted octanol–water partition coefficient (Wildman–Crippen LogP) is 4.68. The van der Waals surface area contributed by atoms with Gasteiger partial charge in [-0.2, -0.15) is 0 Å². The second-order valence-corrected chi connectivity index (χ2v) is 7.23. The van der Waals surface area contributed by atoms with Gasteiger partial charge in [-0.05, 0) is 42.3 Å². The summed E-state index contributed by atoms with van der Waals surface area (Å²) in [7, 11) is 2.03. The lowest BCUT2D eigenvalue weighted by atomic mass is 9.93. The van der Waals surface area contributed by atoms with Crippen LogP contribution in [0.25, 0.3) is 0 Å². The van der Waals surface area contributed by atoms with Crippen molar-refractivity contribution >= 4 is 34.2 Å². The van der Waals surface area contributed by atoms with E-state index in [9.17, 15) is 0 Å². The zero-order valence-electron chi connectivity index (χ0n) is 10.7. The number of alkyl halides is 1. The lowest BCUT2D eigenvalue weighted by Crippen LogP contribution is -2.30. The third-order valence-electron chi connectivity index (χ3n) is 3.90. The highest BCUT2D eigenvalue weighted by molar-refractivity contribution is 14.1. The molecule has 0 aliphatic heterocycles. The van der Waals surface area contributed by atoms with Gasteiger partial charge in [0.2, 0.25) is 0 Å². The molecule has 2 aromatic carbocycles. The molecule has 0 heterocycles. The van der Waals surface area contributed by atoms with Gasteiger partial charge >= 0.3 is 0 Å². The first-order valence-corrected chi connectivity index (χ1v) is 7.82. The Kier molecular flexibility index (Phi) is 3.58. The molecule has 0 saturated carbocycles. The SMILES string of the molecule is CNC1(I)CC(c2cccc(Cl)c2)c2ccccc21. The molecule has 3 heteroatoms. The van der Waals surface area contributed by atoms with Crippen LogP contribution >= 0.6 is 34.2 Å². The number of fused-ring (bicyclic) bond motifs is 1. The van der Waals surface area contributed by atoms with Crippen LogP contribution in [-0.2, 0) is 3.55 Å². The van der Waals surface area contributed by atoms with Crippen LogP contribution in [0.5, 0.6) is 0 Å². The molecule has 19 heavy (non-hydrogen) atoms. The molecule has 1 N–H and O–H groups in total. The maximum absolute atomic E-state index is 6.14. The lowest BCUT2D eigenvalue weighted by Gasteiger charge is -2.23. The topological polar surface area (TPSA) is 12.0 Å². The highest BCUT2D eigenvalue weighted by Crippen LogP contribution is 2.51. The Hall–Kier alpha value is -0.580. The van der Waals surface area contributed by atoms with Crippen LogP contribution in [0.4, 0.5) is 0 Å². The van der Waals surface area contributed by atoms with Crippen LogP contribution in [0, 0.1) is 0 Å². The summed E-state index contributed by atoms with van der Waals surface area (Å²) >= 11 is 8.67. The zero-order chi connectivity index (χ0) is 13.5. The number of halogens is 2. The second-order valence-electron chi connectivity index (χ2n) is 4.95. The standard InChI is InChI=1S/C16H15ClIN/c1-19-16(18)10-14(11-5-4-6-12(17)9-11)13-7-2-3-8-15(13)16/h2-9,14,19H,10H2,1H3. The molecule has 3 rings (SSSR count). The molecule has 0 bridgehead atoms. The van der Waals surface area contributed by atoms with E-state index in [2.05, 4.69) is 64.3 Å². The number of nitrogens with one attached hydrogen (secondary N) is 1. The van der Waals surface area contributed by atoms with E-state index in [1.807, 2.05) is 19.2 Å². The summed E-state index contributed by atoms with van der Waals surface area (Å²) in [5, 5.41) is 4.28. The zero-order valence-corrected chi connectivity index (χ0v) is 13.6. The van der Waals surface area contributed by atoms with Gasteiger partial charge in [-0.25, -0.2) is 0 Å². The molecule has 98 valence electrons. The number of hydrogen-bond acceptors (Lipinski definition) is 1. The van der Waals surface area contributed by atoms with Gasteiger partial charge in [0.05, 0.1) is 3.55 Å². The van der Waals surface area contributed by atoms with Crippen molar-refractivity contribution in [1.29, 1.82) is 0 Å². The number of rotatable bonds is 2. The van der Waals surface area contributed by atoms with Gasteiger partial charge in [0.15, 0.2) is 0 Å². The molecule has 1 nitrogen and oxygen atoms in total. The van der Waals surface area contributed by atoms with E-state index >= 15 is 0 Å². The van der Waals surface area contributed by atoms with E-state index in [-0.39, 0.29) is 3.55 Å². The average Bonchev–Trinajstić information content (AvgIpc) is 2.74. The second kappa shape index (κ2) is 5.08. The minimum absolute atomic E-state index is 0.0152. The third-order valence-corrected chi connectivity index (χ3v) is 5.69. The highest BCUT2D eigenvalue weighted by atomic mass is 127. The van der Waals surface area contributed by atoms with Crippen molar-refractivity contribution in [2.24, 2.45) is 0 Å². The molecule has 0 amide bonds. The van der Waals surface area contributed by atoms with E-state index in [1.54, 1.807) is 0 Å². The molecule has 0 spiro atoms. The van der Waals surface area contributed by atoms with Crippen molar-refractivity contribution in [3.8, 4) is 0 Å². The molecule has 1 aliphatic carbocycles. The fourth-order valence-corrected chi connectivity index (χ4v) is 4.05. The van der Waals surface area contributed by atoms with Gasteiger partial charge in [0.1, 0.15) is 0 Å². The van der Waals surface area contributed by atoms with E-state index in [0.29, 0.717) is 5.92 Å². The molecule has 2 atom stereocenters. The summed E-state index contributed by atoms with van der Waals surface area (Å²) in [4.78, 5) is 0. The molecule has 0 aromatic heterocycles. The third kappa shape index (κ3) is 2.30. The van der Waals surface area contributed by atoms with Crippen molar-refractivity contribution < 1.29 is 0 Å². The average molecular weight is 384 g/mol. The molecular weight excluding hydrogens is 369 g/mol. The quantitative estimate of drug-likeness (QED) is 0.451. The Labute approximate surface area is 132 Å². The maximum Gasteiger partial charge on any atom is 0.0969 e. The molecule has 2 aromatic rings. The molecule has 0 saturated heterocycles. The van der Waals surface area contributed by atoms with Crippen LogP contribution < -0.4 is 5.32 Å². The Morgan fingerprint density at radius 2 is 2.00 bits per heavy atom. The monoisotopic (exact) mass is 383 g/mol. The van der Waals surface area contributed by atoms with Gasteiger partial charge in [0, 0.05) is 10.9 Å². The molecule has 2 unspecified atom stereocenters. The van der Waals surface area contributed by atoms with E-state index in [0.717, 1.165) is 11.4 Å². The van der Waals surface area contributed by atoms with Crippen molar-refractivity contribution in [1.82, 2.24) is 5.32 Å². The molecular formula is C16H15ClIN. The van der Waals surface area contributed by atoms with Crippen LogP contribution in [-0.4, -0.2) is 7.05 Å². The fraction of sp³-hybridized carbons (Fsp3) is 0.250. The van der Waals surface area contributed by atoms with E-state index < -0.39 is 0 Å². The first-order valence-electron chi connectivity index (χ1n) is 6.37. The van der Waals surface area contributed by atoms with Gasteiger partial charge in [-0.3, -0.25) is 0 Å². The van der Waals surface area contributed by atoms with E-state index in [1.165, 1.54) is 16.7 Å². The summed E-state index contributed by atoms with van der Waals surface area (Å²) in [6.07, 6.45) is 1.06. The predicted molar refractivity (Wildman–Crippen MR) is 89.1 cm³/mol. The van der Waals surface area contributed by atoms with Crippen LogP contribution in [0.2, 0.25) is 5.02 Å². The Balaban J connectivity index is 2.11. The number of benzene rings is 2. The van der Waals surface area contributed by atoms with Crippen molar-refractivity contribution in [3.05, 3.63) is 70.2 Å². The van der Waals surface area contributed by atoms with E-state index in [4.69, 9.17) is 11.6 Å². The van der Waals surface area contributed by atoms with Crippen LogP contribution in [0.3, 0.4) is 0 Å². The first-order chi connectivity index (χ1) is 9.14. The summed E-state index contributed by atoms with van der Waals surface area (Å²) in [5.41, 5.74) is 4.10. The van der Waals surface area contributed by atoms with Crippen LogP contribution in [0.1, 0.15) is 29.0 Å². The Bertz CT molecular complexity index is 613. The fourth-order valence-electron chi connectivity index (χ4n) is 2.92. The molecule has 0 fully saturated rings. The maximum atomic E-state index is 6.14. The first kappa shape index (κ1) is 13.4. The van der Waals surface area contributed by atoms with Crippen molar-refractivity contribution in [2.75, 3.05) is 7.05 Å². The Morgan fingerprint density at radius 3 is 2.74 bits per heavy atom. The minimum atomic E-state index is 0.0152. The molecule has 1 aliphatic rings. The highest BCUT2D eigenvalue weighted by Gasteiger charge is 2.41. The smallest absolute Gasteiger partial charge is 0.0969 e. The van der Waals surface area contributed by atoms with Crippen LogP contribution in [0.15, 0.2) is 48.5 Å². The van der Waals surface area contributed by atoms with Crippen molar-refractivity contribution in [3.63, 3.8) is 0 Å². The minimum Gasteiger partial charge on any atom is -0.302 e. The Morgan fingerprint density at radius 1 is 1.21 bits per heavy atom. The van der Waals surface area contributed by atoms with Gasteiger partial charge in [-0.1, -0.05) is 70.6 Å². The summed E-state index contributed by atoms with van der Waals surface area (Å²) in [6, 6.07) is 16.9. The normalized spacial score (nSPS) is 25.3. The molecule has 0 radical (unpaired) electrons. The summed E-state index contributed by atoms with van der Waals surface area (Å²) in [5.74, 6) is 0.416. The summed E-state index contributed by atoms with van der Waals surface area (Å²) in [6.45, 7) is 0. The largest absolute Gasteiger partial charge is 0.302 e. The van der Waals surface area contributed by atoms with Crippen molar-refractivity contribution in [2.45, 2.75) is 15.9 Å². The lowest BCUT2D eigenvalue weighted by molar-refractivity contribution is 0.538. The van der Waals surface area contributed by atoms with Gasteiger partial charge in [-0.15, -0.1) is 0 Å². The summed E-state index contributed by atoms with van der Waals surface area (Å²) < 4.78 is 0.0152. The number of hydrogen-bond donors (Lipinski definition) is 1.